The molecule has 0 fully saturated rings. The van der Waals surface area contributed by atoms with Gasteiger partial charge in [-0.1, -0.05) is 12.1 Å². The van der Waals surface area contributed by atoms with Crippen molar-refractivity contribution in [3.8, 4) is 6.07 Å². The number of halogens is 3. The molecule has 0 unspecified atom stereocenters. The number of aromatic nitrogens is 2. The average Bonchev–Trinajstić information content (AvgIpc) is 2.88. The fourth-order valence-electron chi connectivity index (χ4n) is 2.16. The first-order valence-electron chi connectivity index (χ1n) is 6.67. The SMILES string of the molecule is N#Cc1cccc(Cn2cc(CCCO)c(C(F)(F)F)n2)c1. The van der Waals surface area contributed by atoms with Crippen LogP contribution in [0.25, 0.3) is 0 Å². The molecule has 0 saturated carbocycles. The van der Waals surface area contributed by atoms with Gasteiger partial charge in [0.1, 0.15) is 0 Å². The number of nitrogens with zero attached hydrogens (tertiary/aromatic N) is 3. The summed E-state index contributed by atoms with van der Waals surface area (Å²) >= 11 is 0. The van der Waals surface area contributed by atoms with Crippen molar-refractivity contribution in [3.63, 3.8) is 0 Å². The second-order valence-corrected chi connectivity index (χ2v) is 4.84. The normalized spacial score (nSPS) is 11.4. The summed E-state index contributed by atoms with van der Waals surface area (Å²) in [6, 6.07) is 8.62. The highest BCUT2D eigenvalue weighted by Gasteiger charge is 2.36. The molecule has 0 radical (unpaired) electrons. The molecule has 4 nitrogen and oxygen atoms in total. The highest BCUT2D eigenvalue weighted by atomic mass is 19.4. The van der Waals surface area contributed by atoms with Crippen molar-refractivity contribution < 1.29 is 18.3 Å². The van der Waals surface area contributed by atoms with Gasteiger partial charge in [0, 0.05) is 18.4 Å². The van der Waals surface area contributed by atoms with Crippen LogP contribution in [0, 0.1) is 11.3 Å². The van der Waals surface area contributed by atoms with Crippen molar-refractivity contribution in [1.82, 2.24) is 9.78 Å². The van der Waals surface area contributed by atoms with Gasteiger partial charge in [0.05, 0.1) is 18.2 Å². The Morgan fingerprint density at radius 3 is 2.73 bits per heavy atom. The fourth-order valence-corrected chi connectivity index (χ4v) is 2.16. The molecule has 116 valence electrons. The van der Waals surface area contributed by atoms with Crippen molar-refractivity contribution in [2.75, 3.05) is 6.61 Å². The minimum absolute atomic E-state index is 0.0676. The van der Waals surface area contributed by atoms with E-state index in [9.17, 15) is 13.2 Å². The predicted molar refractivity (Wildman–Crippen MR) is 72.9 cm³/mol. The van der Waals surface area contributed by atoms with Crippen molar-refractivity contribution in [3.05, 3.63) is 52.8 Å². The van der Waals surface area contributed by atoms with Crippen LogP contribution >= 0.6 is 0 Å². The summed E-state index contributed by atoms with van der Waals surface area (Å²) < 4.78 is 40.1. The molecule has 0 amide bonds. The van der Waals surface area contributed by atoms with Crippen molar-refractivity contribution in [1.29, 1.82) is 5.26 Å². The zero-order chi connectivity index (χ0) is 16.2. The maximum atomic E-state index is 13.0. The molecule has 2 aromatic rings. The highest BCUT2D eigenvalue weighted by molar-refractivity contribution is 5.33. The standard InChI is InChI=1S/C15H14F3N3O/c16-15(17,18)14-13(5-2-6-22)10-21(20-14)9-12-4-1-3-11(7-12)8-19/h1,3-4,7,10,22H,2,5-6,9H2. The van der Waals surface area contributed by atoms with Gasteiger partial charge in [-0.15, -0.1) is 0 Å². The molecule has 0 saturated heterocycles. The lowest BCUT2D eigenvalue weighted by atomic mass is 10.1. The molecule has 0 bridgehead atoms. The Balaban J connectivity index is 2.27. The van der Waals surface area contributed by atoms with E-state index in [4.69, 9.17) is 10.4 Å². The van der Waals surface area contributed by atoms with Crippen LogP contribution in [0.15, 0.2) is 30.5 Å². The number of aliphatic hydroxyl groups is 1. The monoisotopic (exact) mass is 309 g/mol. The second kappa shape index (κ2) is 6.62. The van der Waals surface area contributed by atoms with Gasteiger partial charge in [-0.05, 0) is 30.5 Å². The van der Waals surface area contributed by atoms with Gasteiger partial charge in [-0.3, -0.25) is 4.68 Å². The van der Waals surface area contributed by atoms with E-state index in [0.717, 1.165) is 0 Å². The molecular weight excluding hydrogens is 295 g/mol. The van der Waals surface area contributed by atoms with E-state index in [0.29, 0.717) is 11.1 Å². The highest BCUT2D eigenvalue weighted by Crippen LogP contribution is 2.31. The Morgan fingerprint density at radius 2 is 2.09 bits per heavy atom. The third-order valence-corrected chi connectivity index (χ3v) is 3.11. The van der Waals surface area contributed by atoms with Crippen LogP contribution in [-0.4, -0.2) is 21.5 Å². The van der Waals surface area contributed by atoms with Gasteiger partial charge < -0.3 is 5.11 Å². The van der Waals surface area contributed by atoms with Gasteiger partial charge >= 0.3 is 6.18 Å². The Hall–Kier alpha value is -2.33. The van der Waals surface area contributed by atoms with Crippen molar-refractivity contribution >= 4 is 0 Å². The van der Waals surface area contributed by atoms with Crippen molar-refractivity contribution in [2.24, 2.45) is 0 Å². The van der Waals surface area contributed by atoms with E-state index in [1.165, 1.54) is 10.9 Å². The molecule has 0 aliphatic carbocycles. The summed E-state index contributed by atoms with van der Waals surface area (Å²) in [5.74, 6) is 0. The van der Waals surface area contributed by atoms with Gasteiger partial charge in [-0.2, -0.15) is 23.5 Å². The number of hydrogen-bond acceptors (Lipinski definition) is 3. The van der Waals surface area contributed by atoms with Crippen molar-refractivity contribution in [2.45, 2.75) is 25.6 Å². The summed E-state index contributed by atoms with van der Waals surface area (Å²) in [6.07, 6.45) is -2.82. The first-order chi connectivity index (χ1) is 10.4. The van der Waals surface area contributed by atoms with Gasteiger partial charge in [0.2, 0.25) is 0 Å². The first kappa shape index (κ1) is 16.0. The topological polar surface area (TPSA) is 61.8 Å². The quantitative estimate of drug-likeness (QED) is 0.924. The maximum Gasteiger partial charge on any atom is 0.435 e. The Kier molecular flexibility index (Phi) is 4.83. The van der Waals surface area contributed by atoms with E-state index in [1.54, 1.807) is 24.3 Å². The summed E-state index contributed by atoms with van der Waals surface area (Å²) in [5.41, 5.74) is 0.292. The van der Waals surface area contributed by atoms with Crippen LogP contribution in [0.3, 0.4) is 0 Å². The van der Waals surface area contributed by atoms with Crippen LogP contribution < -0.4 is 0 Å². The predicted octanol–water partition coefficient (Wildman–Crippen LogP) is 2.75. The van der Waals surface area contributed by atoms with Gasteiger partial charge in [0.25, 0.3) is 0 Å². The first-order valence-corrected chi connectivity index (χ1v) is 6.67. The van der Waals surface area contributed by atoms with Crippen LogP contribution in [-0.2, 0) is 19.1 Å². The number of rotatable bonds is 5. The molecule has 0 aliphatic heterocycles. The minimum atomic E-state index is -4.52. The molecule has 0 atom stereocenters. The lowest BCUT2D eigenvalue weighted by Crippen LogP contribution is -2.10. The zero-order valence-corrected chi connectivity index (χ0v) is 11.6. The summed E-state index contributed by atoms with van der Waals surface area (Å²) in [5, 5.41) is 21.2. The third-order valence-electron chi connectivity index (χ3n) is 3.11. The number of alkyl halides is 3. The largest absolute Gasteiger partial charge is 0.435 e. The summed E-state index contributed by atoms with van der Waals surface area (Å²) in [7, 11) is 0. The average molecular weight is 309 g/mol. The zero-order valence-electron chi connectivity index (χ0n) is 11.6. The van der Waals surface area contributed by atoms with E-state index in [2.05, 4.69) is 5.10 Å². The lowest BCUT2D eigenvalue weighted by molar-refractivity contribution is -0.142. The number of benzene rings is 1. The van der Waals surface area contributed by atoms with Crippen LogP contribution in [0.5, 0.6) is 0 Å². The van der Waals surface area contributed by atoms with E-state index in [-0.39, 0.29) is 31.6 Å². The molecule has 1 aromatic heterocycles. The lowest BCUT2D eigenvalue weighted by Gasteiger charge is -2.05. The number of aliphatic hydroxyl groups excluding tert-OH is 1. The second-order valence-electron chi connectivity index (χ2n) is 4.84. The molecule has 0 aliphatic rings. The molecule has 1 aromatic carbocycles. The molecule has 22 heavy (non-hydrogen) atoms. The van der Waals surface area contributed by atoms with Crippen LogP contribution in [0.4, 0.5) is 13.2 Å². The molecule has 7 heteroatoms. The molecule has 2 rings (SSSR count). The number of hydrogen-bond donors (Lipinski definition) is 1. The number of aryl methyl sites for hydroxylation is 1. The van der Waals surface area contributed by atoms with Gasteiger partial charge in [-0.25, -0.2) is 0 Å². The Bertz CT molecular complexity index is 686. The van der Waals surface area contributed by atoms with Crippen LogP contribution in [0.1, 0.15) is 28.8 Å². The fraction of sp³-hybridized carbons (Fsp3) is 0.333. The number of nitriles is 1. The smallest absolute Gasteiger partial charge is 0.396 e. The van der Waals surface area contributed by atoms with E-state index >= 15 is 0 Å². The van der Waals surface area contributed by atoms with E-state index < -0.39 is 11.9 Å². The maximum absolute atomic E-state index is 13.0. The third kappa shape index (κ3) is 3.86. The summed E-state index contributed by atoms with van der Waals surface area (Å²) in [6.45, 7) is -0.0234. The molecule has 1 heterocycles. The summed E-state index contributed by atoms with van der Waals surface area (Å²) in [4.78, 5) is 0. The molecule has 1 N–H and O–H groups in total. The molecule has 0 spiro atoms. The Morgan fingerprint density at radius 1 is 1.32 bits per heavy atom. The molecular formula is C15H14F3N3O. The van der Waals surface area contributed by atoms with Crippen LogP contribution in [0.2, 0.25) is 0 Å². The van der Waals surface area contributed by atoms with E-state index in [1.807, 2.05) is 6.07 Å². The Labute approximate surface area is 125 Å². The van der Waals surface area contributed by atoms with Gasteiger partial charge in [0.15, 0.2) is 5.69 Å². The minimum Gasteiger partial charge on any atom is -0.396 e.